The molecule has 4 rings (SSSR count). The third-order valence-corrected chi connectivity index (χ3v) is 5.99. The van der Waals surface area contributed by atoms with Crippen molar-refractivity contribution in [3.05, 3.63) is 59.7 Å². The van der Waals surface area contributed by atoms with E-state index < -0.39 is 17.6 Å². The van der Waals surface area contributed by atoms with Crippen LogP contribution in [0.4, 0.5) is 4.79 Å². The number of carbonyl (C=O) groups is 2. The fourth-order valence-electron chi connectivity index (χ4n) is 4.52. The number of carboxylic acid groups (broad SMARTS) is 1. The van der Waals surface area contributed by atoms with Crippen molar-refractivity contribution >= 4 is 12.1 Å². The number of likely N-dealkylation sites (tertiary alicyclic amines) is 1. The standard InChI is InChI=1S/C23H25NO5/c1-2-28-15-23(21(25)26)12-7-13-24(23)22(27)29-14-20-18-10-5-3-8-16(18)17-9-4-6-11-19(17)20/h3-6,8-11,20H,2,7,12-15H2,1H3,(H,25,26)/t23-/m0/s1. The van der Waals surface area contributed by atoms with Crippen molar-refractivity contribution in [2.45, 2.75) is 31.2 Å². The number of nitrogens with zero attached hydrogens (tertiary/aromatic N) is 1. The molecule has 1 saturated heterocycles. The van der Waals surface area contributed by atoms with Gasteiger partial charge in [-0.1, -0.05) is 48.5 Å². The molecule has 0 spiro atoms. The van der Waals surface area contributed by atoms with Gasteiger partial charge in [0.15, 0.2) is 5.54 Å². The van der Waals surface area contributed by atoms with E-state index >= 15 is 0 Å². The van der Waals surface area contributed by atoms with E-state index in [2.05, 4.69) is 24.3 Å². The lowest BCUT2D eigenvalue weighted by molar-refractivity contribution is -0.152. The Labute approximate surface area is 170 Å². The highest BCUT2D eigenvalue weighted by Gasteiger charge is 2.51. The fourth-order valence-corrected chi connectivity index (χ4v) is 4.52. The summed E-state index contributed by atoms with van der Waals surface area (Å²) < 4.78 is 11.1. The molecule has 0 aromatic heterocycles. The smallest absolute Gasteiger partial charge is 0.410 e. The Bertz CT molecular complexity index is 881. The zero-order valence-corrected chi connectivity index (χ0v) is 16.5. The first-order valence-corrected chi connectivity index (χ1v) is 10.0. The predicted molar refractivity (Wildman–Crippen MR) is 108 cm³/mol. The van der Waals surface area contributed by atoms with E-state index in [1.165, 1.54) is 4.90 Å². The van der Waals surface area contributed by atoms with Crippen LogP contribution in [0.1, 0.15) is 36.8 Å². The molecule has 0 radical (unpaired) electrons. The first-order chi connectivity index (χ1) is 14.1. The van der Waals surface area contributed by atoms with E-state index in [-0.39, 0.29) is 19.1 Å². The van der Waals surface area contributed by atoms with Gasteiger partial charge in [-0.2, -0.15) is 0 Å². The molecule has 1 N–H and O–H groups in total. The molecule has 0 unspecified atom stereocenters. The Morgan fingerprint density at radius 3 is 2.31 bits per heavy atom. The second-order valence-electron chi connectivity index (χ2n) is 7.53. The summed E-state index contributed by atoms with van der Waals surface area (Å²) >= 11 is 0. The van der Waals surface area contributed by atoms with Crippen LogP contribution in [0.5, 0.6) is 0 Å². The quantitative estimate of drug-likeness (QED) is 0.803. The topological polar surface area (TPSA) is 76.1 Å². The van der Waals surface area contributed by atoms with Crippen molar-refractivity contribution in [3.63, 3.8) is 0 Å². The number of carboxylic acids is 1. The van der Waals surface area contributed by atoms with Gasteiger partial charge in [0.1, 0.15) is 6.61 Å². The Hall–Kier alpha value is -2.86. The maximum absolute atomic E-state index is 12.9. The number of rotatable bonds is 6. The number of hydrogen-bond donors (Lipinski definition) is 1. The lowest BCUT2D eigenvalue weighted by atomic mass is 9.97. The van der Waals surface area contributed by atoms with E-state index in [9.17, 15) is 14.7 Å². The Morgan fingerprint density at radius 2 is 1.72 bits per heavy atom. The van der Waals surface area contributed by atoms with Crippen molar-refractivity contribution in [2.24, 2.45) is 0 Å². The molecule has 6 nitrogen and oxygen atoms in total. The monoisotopic (exact) mass is 395 g/mol. The number of hydrogen-bond acceptors (Lipinski definition) is 4. The molecule has 152 valence electrons. The first kappa shape index (κ1) is 19.5. The van der Waals surface area contributed by atoms with Gasteiger partial charge in [0.25, 0.3) is 0 Å². The van der Waals surface area contributed by atoms with Gasteiger partial charge in [-0.15, -0.1) is 0 Å². The summed E-state index contributed by atoms with van der Waals surface area (Å²) in [6.07, 6.45) is 0.391. The Balaban J connectivity index is 1.53. The highest BCUT2D eigenvalue weighted by atomic mass is 16.6. The maximum atomic E-state index is 12.9. The van der Waals surface area contributed by atoms with E-state index in [0.29, 0.717) is 26.0 Å². The number of ether oxygens (including phenoxy) is 2. The second-order valence-corrected chi connectivity index (χ2v) is 7.53. The molecule has 1 fully saturated rings. The van der Waals surface area contributed by atoms with Crippen LogP contribution in [-0.4, -0.2) is 54.0 Å². The molecule has 1 atom stereocenters. The van der Waals surface area contributed by atoms with Gasteiger partial charge in [-0.3, -0.25) is 4.90 Å². The number of fused-ring (bicyclic) bond motifs is 3. The van der Waals surface area contributed by atoms with Crippen LogP contribution in [0.2, 0.25) is 0 Å². The van der Waals surface area contributed by atoms with Gasteiger partial charge in [0, 0.05) is 19.1 Å². The molecule has 1 aliphatic heterocycles. The van der Waals surface area contributed by atoms with E-state index in [1.807, 2.05) is 31.2 Å². The van der Waals surface area contributed by atoms with Crippen LogP contribution in [0, 0.1) is 0 Å². The highest BCUT2D eigenvalue weighted by Crippen LogP contribution is 2.44. The molecular weight excluding hydrogens is 370 g/mol. The molecule has 2 aromatic rings. The van der Waals surface area contributed by atoms with Crippen LogP contribution >= 0.6 is 0 Å². The number of aliphatic carboxylic acids is 1. The van der Waals surface area contributed by atoms with Crippen molar-refractivity contribution in [1.29, 1.82) is 0 Å². The third-order valence-electron chi connectivity index (χ3n) is 5.99. The van der Waals surface area contributed by atoms with E-state index in [0.717, 1.165) is 22.3 Å². The van der Waals surface area contributed by atoms with E-state index in [1.54, 1.807) is 0 Å². The summed E-state index contributed by atoms with van der Waals surface area (Å²) in [5.41, 5.74) is 3.21. The third kappa shape index (κ3) is 3.27. The molecule has 2 aromatic carbocycles. The minimum atomic E-state index is -1.35. The minimum absolute atomic E-state index is 0.0248. The molecule has 2 aliphatic rings. The van der Waals surface area contributed by atoms with Crippen LogP contribution < -0.4 is 0 Å². The molecule has 1 heterocycles. The molecule has 6 heteroatoms. The normalized spacial score (nSPS) is 20.4. The predicted octanol–water partition coefficient (Wildman–Crippen LogP) is 3.89. The fraction of sp³-hybridized carbons (Fsp3) is 0.391. The zero-order valence-electron chi connectivity index (χ0n) is 16.5. The van der Waals surface area contributed by atoms with Crippen LogP contribution in [0.3, 0.4) is 0 Å². The molecule has 1 aliphatic carbocycles. The zero-order chi connectivity index (χ0) is 20.4. The highest BCUT2D eigenvalue weighted by molar-refractivity contribution is 5.85. The molecule has 0 saturated carbocycles. The van der Waals surface area contributed by atoms with Crippen molar-refractivity contribution < 1.29 is 24.2 Å². The van der Waals surface area contributed by atoms with Crippen LogP contribution in [-0.2, 0) is 14.3 Å². The summed E-state index contributed by atoms with van der Waals surface area (Å²) in [6.45, 7) is 2.71. The molecule has 29 heavy (non-hydrogen) atoms. The summed E-state index contributed by atoms with van der Waals surface area (Å²) in [4.78, 5) is 26.2. The van der Waals surface area contributed by atoms with Crippen LogP contribution in [0.15, 0.2) is 48.5 Å². The van der Waals surface area contributed by atoms with Gasteiger partial charge < -0.3 is 14.6 Å². The second kappa shape index (κ2) is 7.87. The van der Waals surface area contributed by atoms with Gasteiger partial charge in [0.2, 0.25) is 0 Å². The van der Waals surface area contributed by atoms with Crippen molar-refractivity contribution in [1.82, 2.24) is 4.90 Å². The van der Waals surface area contributed by atoms with E-state index in [4.69, 9.17) is 9.47 Å². The molecule has 0 bridgehead atoms. The summed E-state index contributed by atoms with van der Waals surface area (Å²) in [5.74, 6) is -1.10. The average molecular weight is 395 g/mol. The maximum Gasteiger partial charge on any atom is 0.410 e. The average Bonchev–Trinajstić information content (AvgIpc) is 3.31. The van der Waals surface area contributed by atoms with Crippen molar-refractivity contribution in [3.8, 4) is 11.1 Å². The molecule has 1 amide bonds. The van der Waals surface area contributed by atoms with Gasteiger partial charge >= 0.3 is 12.1 Å². The SMILES string of the molecule is CCOC[C@]1(C(=O)O)CCCN1C(=O)OCC1c2ccccc2-c2ccccc21. The molecular formula is C23H25NO5. The van der Waals surface area contributed by atoms with Gasteiger partial charge in [0.05, 0.1) is 6.61 Å². The van der Waals surface area contributed by atoms with Gasteiger partial charge in [-0.25, -0.2) is 9.59 Å². The van der Waals surface area contributed by atoms with Crippen LogP contribution in [0.25, 0.3) is 11.1 Å². The van der Waals surface area contributed by atoms with Crippen molar-refractivity contribution in [2.75, 3.05) is 26.4 Å². The lowest BCUT2D eigenvalue weighted by Crippen LogP contribution is -2.56. The van der Waals surface area contributed by atoms with Gasteiger partial charge in [-0.05, 0) is 42.0 Å². The first-order valence-electron chi connectivity index (χ1n) is 10.0. The summed E-state index contributed by atoms with van der Waals surface area (Å²) in [7, 11) is 0. The Morgan fingerprint density at radius 1 is 1.10 bits per heavy atom. The minimum Gasteiger partial charge on any atom is -0.479 e. The Kier molecular flexibility index (Phi) is 5.28. The largest absolute Gasteiger partial charge is 0.479 e. The number of amides is 1. The summed E-state index contributed by atoms with van der Waals surface area (Å²) in [6, 6.07) is 16.2. The number of benzene rings is 2. The number of carbonyl (C=O) groups excluding carboxylic acids is 1. The summed E-state index contributed by atoms with van der Waals surface area (Å²) in [5, 5.41) is 9.82. The lowest BCUT2D eigenvalue weighted by Gasteiger charge is -2.33.